The van der Waals surface area contributed by atoms with E-state index in [0.717, 1.165) is 0 Å². The van der Waals surface area contributed by atoms with Gasteiger partial charge in [-0.25, -0.2) is 0 Å². The fraction of sp³-hybridized carbons (Fsp3) is 0.700. The Bertz CT molecular complexity index is 423. The molecule has 0 fully saturated rings. The molecule has 0 aliphatic rings. The van der Waals surface area contributed by atoms with E-state index in [1.54, 1.807) is 7.05 Å². The Kier molecular flexibility index (Phi) is 3.23. The van der Waals surface area contributed by atoms with Gasteiger partial charge in [0.05, 0.1) is 0 Å². The van der Waals surface area contributed by atoms with E-state index in [0.29, 0.717) is 16.8 Å². The van der Waals surface area contributed by atoms with Gasteiger partial charge < -0.3 is 0 Å². The Hall–Kier alpha value is -0.840. The monoisotopic (exact) mass is 227 g/mol. The molecule has 0 amide bonds. The molecule has 1 aromatic heterocycles. The van der Waals surface area contributed by atoms with Gasteiger partial charge in [-0.05, 0) is 5.92 Å². The minimum absolute atomic E-state index is 0.117. The van der Waals surface area contributed by atoms with Crippen molar-refractivity contribution in [1.29, 1.82) is 0 Å². The summed E-state index contributed by atoms with van der Waals surface area (Å²) in [5.74, 6) is 0.324. The second-order valence-electron chi connectivity index (χ2n) is 4.59. The van der Waals surface area contributed by atoms with Crippen LogP contribution in [0, 0.1) is 5.92 Å². The average molecular weight is 227 g/mol. The Balaban J connectivity index is 3.41. The molecule has 15 heavy (non-hydrogen) atoms. The molecule has 0 aliphatic heterocycles. The largest absolute Gasteiger partial charge is 0.288 e. The summed E-state index contributed by atoms with van der Waals surface area (Å²) in [4.78, 5) is 12.0. The minimum Gasteiger partial charge on any atom is -0.288 e. The van der Waals surface area contributed by atoms with Crippen LogP contribution < -0.4 is 5.56 Å². The molecule has 0 atom stereocenters. The lowest BCUT2D eigenvalue weighted by atomic mass is 9.78. The molecular weight excluding hydrogens is 210 g/mol. The Labute approximate surface area is 95.1 Å². The zero-order valence-electron chi connectivity index (χ0n) is 9.77. The highest BCUT2D eigenvalue weighted by Crippen LogP contribution is 2.27. The van der Waals surface area contributed by atoms with Gasteiger partial charge in [-0.15, -0.1) is 22.8 Å². The van der Waals surface area contributed by atoms with E-state index in [1.807, 2.05) is 13.8 Å². The van der Waals surface area contributed by atoms with Crippen molar-refractivity contribution in [1.82, 2.24) is 14.8 Å². The predicted molar refractivity (Wildman–Crippen MR) is 62.4 cm³/mol. The lowest BCUT2D eigenvalue weighted by molar-refractivity contribution is 0.348. The lowest BCUT2D eigenvalue weighted by Crippen LogP contribution is -2.37. The number of nitrogens with zero attached hydrogens (tertiary/aromatic N) is 3. The molecule has 1 heterocycles. The van der Waals surface area contributed by atoms with Crippen molar-refractivity contribution in [2.45, 2.75) is 38.3 Å². The molecule has 0 unspecified atom stereocenters. The van der Waals surface area contributed by atoms with Gasteiger partial charge in [0, 0.05) is 12.5 Å². The van der Waals surface area contributed by atoms with Crippen LogP contribution in [0.4, 0.5) is 0 Å². The summed E-state index contributed by atoms with van der Waals surface area (Å²) < 4.78 is 1.41. The van der Waals surface area contributed by atoms with Crippen molar-refractivity contribution in [2.24, 2.45) is 13.0 Å². The average Bonchev–Trinajstić information content (AvgIpc) is 2.13. The first-order valence-electron chi connectivity index (χ1n) is 4.91. The molecule has 5 heteroatoms. The zero-order valence-corrected chi connectivity index (χ0v) is 10.7. The highest BCUT2D eigenvalue weighted by molar-refractivity contribution is 7.80. The Morgan fingerprint density at radius 2 is 1.87 bits per heavy atom. The molecule has 84 valence electrons. The lowest BCUT2D eigenvalue weighted by Gasteiger charge is -2.27. The molecule has 4 nitrogen and oxygen atoms in total. The number of thiol groups is 1. The first-order valence-corrected chi connectivity index (χ1v) is 5.36. The maximum absolute atomic E-state index is 12.0. The Morgan fingerprint density at radius 3 is 2.33 bits per heavy atom. The number of rotatable bonds is 2. The van der Waals surface area contributed by atoms with E-state index in [4.69, 9.17) is 0 Å². The third-order valence-corrected chi connectivity index (χ3v) is 3.49. The van der Waals surface area contributed by atoms with Gasteiger partial charge in [0.25, 0.3) is 5.56 Å². The van der Waals surface area contributed by atoms with Crippen LogP contribution in [-0.4, -0.2) is 14.8 Å². The van der Waals surface area contributed by atoms with Crippen LogP contribution in [0.5, 0.6) is 0 Å². The minimum atomic E-state index is -0.274. The van der Waals surface area contributed by atoms with Crippen molar-refractivity contribution >= 4 is 12.6 Å². The van der Waals surface area contributed by atoms with Gasteiger partial charge in [-0.1, -0.05) is 27.7 Å². The quantitative estimate of drug-likeness (QED) is 0.777. The smallest absolute Gasteiger partial charge is 0.276 e. The molecule has 0 aliphatic carbocycles. The molecule has 0 bridgehead atoms. The topological polar surface area (TPSA) is 47.8 Å². The fourth-order valence-corrected chi connectivity index (χ4v) is 1.27. The predicted octanol–water partition coefficient (Wildman–Crippen LogP) is 1.40. The standard InChI is InChI=1S/C10H17N3OS/c1-6(2)10(3,4)7-8(14)13(5)9(15)12-11-7/h6H,1-5H3,(H,12,15). The van der Waals surface area contributed by atoms with Gasteiger partial charge >= 0.3 is 0 Å². The number of hydrogen-bond donors (Lipinski definition) is 1. The van der Waals surface area contributed by atoms with Crippen LogP contribution >= 0.6 is 12.6 Å². The van der Waals surface area contributed by atoms with Crippen LogP contribution in [0.1, 0.15) is 33.4 Å². The van der Waals surface area contributed by atoms with Crippen LogP contribution in [0.25, 0.3) is 0 Å². The summed E-state index contributed by atoms with van der Waals surface area (Å²) in [6.45, 7) is 8.13. The van der Waals surface area contributed by atoms with Crippen LogP contribution in [0.15, 0.2) is 9.95 Å². The third kappa shape index (κ3) is 2.07. The molecule has 1 rings (SSSR count). The van der Waals surface area contributed by atoms with E-state index in [9.17, 15) is 4.79 Å². The second kappa shape index (κ2) is 3.96. The van der Waals surface area contributed by atoms with Crippen molar-refractivity contribution in [2.75, 3.05) is 0 Å². The van der Waals surface area contributed by atoms with E-state index >= 15 is 0 Å². The van der Waals surface area contributed by atoms with E-state index < -0.39 is 0 Å². The summed E-state index contributed by atoms with van der Waals surface area (Å²) in [7, 11) is 1.65. The van der Waals surface area contributed by atoms with Gasteiger partial charge in [-0.2, -0.15) is 0 Å². The SMILES string of the molecule is CC(C)C(C)(C)c1nnc(S)n(C)c1=O. The van der Waals surface area contributed by atoms with Gasteiger partial charge in [-0.3, -0.25) is 9.36 Å². The second-order valence-corrected chi connectivity index (χ2v) is 4.99. The van der Waals surface area contributed by atoms with Gasteiger partial charge in [0.2, 0.25) is 0 Å². The molecule has 0 N–H and O–H groups in total. The summed E-state index contributed by atoms with van der Waals surface area (Å²) in [6, 6.07) is 0. The molecule has 0 saturated heterocycles. The first-order chi connectivity index (χ1) is 6.78. The van der Waals surface area contributed by atoms with E-state index in [1.165, 1.54) is 4.57 Å². The highest BCUT2D eigenvalue weighted by atomic mass is 32.1. The zero-order chi connectivity index (χ0) is 11.8. The van der Waals surface area contributed by atoms with Crippen molar-refractivity contribution in [3.63, 3.8) is 0 Å². The van der Waals surface area contributed by atoms with E-state index in [2.05, 4.69) is 36.7 Å². The highest BCUT2D eigenvalue weighted by Gasteiger charge is 2.30. The molecular formula is C10H17N3OS. The fourth-order valence-electron chi connectivity index (χ4n) is 1.13. The molecule has 0 saturated carbocycles. The molecule has 0 aromatic carbocycles. The maximum Gasteiger partial charge on any atom is 0.276 e. The van der Waals surface area contributed by atoms with Crippen LogP contribution in [-0.2, 0) is 12.5 Å². The van der Waals surface area contributed by atoms with Crippen molar-refractivity contribution in [3.8, 4) is 0 Å². The molecule has 0 radical (unpaired) electrons. The van der Waals surface area contributed by atoms with Gasteiger partial charge in [0.15, 0.2) is 5.16 Å². The summed E-state index contributed by atoms with van der Waals surface area (Å²) in [6.07, 6.45) is 0. The molecule has 0 spiro atoms. The number of hydrogen-bond acceptors (Lipinski definition) is 4. The summed E-state index contributed by atoms with van der Waals surface area (Å²) in [5, 5.41) is 8.17. The molecule has 1 aromatic rings. The van der Waals surface area contributed by atoms with E-state index in [-0.39, 0.29) is 11.0 Å². The summed E-state index contributed by atoms with van der Waals surface area (Å²) in [5.41, 5.74) is 0.107. The number of aromatic nitrogens is 3. The van der Waals surface area contributed by atoms with Crippen LogP contribution in [0.3, 0.4) is 0 Å². The van der Waals surface area contributed by atoms with Gasteiger partial charge in [0.1, 0.15) is 5.69 Å². The first kappa shape index (κ1) is 12.2. The van der Waals surface area contributed by atoms with Crippen molar-refractivity contribution in [3.05, 3.63) is 16.0 Å². The normalized spacial score (nSPS) is 12.2. The third-order valence-electron chi connectivity index (χ3n) is 3.10. The van der Waals surface area contributed by atoms with Crippen LogP contribution in [0.2, 0.25) is 0 Å². The van der Waals surface area contributed by atoms with Crippen molar-refractivity contribution < 1.29 is 0 Å². The Morgan fingerprint density at radius 1 is 1.33 bits per heavy atom. The maximum atomic E-state index is 12.0. The summed E-state index contributed by atoms with van der Waals surface area (Å²) >= 11 is 4.05.